The van der Waals surface area contributed by atoms with Crippen LogP contribution in [0.2, 0.25) is 0 Å². The molecule has 0 spiro atoms. The van der Waals surface area contributed by atoms with Gasteiger partial charge >= 0.3 is 5.69 Å². The second kappa shape index (κ2) is 5.94. The first-order valence-corrected chi connectivity index (χ1v) is 6.05. The van der Waals surface area contributed by atoms with Gasteiger partial charge in [0.1, 0.15) is 6.20 Å². The lowest BCUT2D eigenvalue weighted by Crippen LogP contribution is -2.47. The molecule has 0 saturated carbocycles. The molecule has 0 aromatic carbocycles. The fraction of sp³-hybridized carbons (Fsp3) is 0.600. The molecule has 1 fully saturated rings. The number of nitro groups is 1. The molecule has 1 aliphatic heterocycles. The SMILES string of the molecule is NNc1ncc([N+](=O)[O-])c(NC2(CO)CCOCC2)n1. The first kappa shape index (κ1) is 14.4. The maximum atomic E-state index is 11.0. The van der Waals surface area contributed by atoms with E-state index in [1.54, 1.807) is 0 Å². The van der Waals surface area contributed by atoms with Gasteiger partial charge in [0, 0.05) is 13.2 Å². The Bertz CT molecular complexity index is 491. The van der Waals surface area contributed by atoms with E-state index in [1.165, 1.54) is 0 Å². The number of nitrogens with zero attached hydrogens (tertiary/aromatic N) is 3. The van der Waals surface area contributed by atoms with Gasteiger partial charge in [0.25, 0.3) is 0 Å². The largest absolute Gasteiger partial charge is 0.394 e. The lowest BCUT2D eigenvalue weighted by molar-refractivity contribution is -0.384. The van der Waals surface area contributed by atoms with Gasteiger partial charge in [-0.1, -0.05) is 0 Å². The standard InChI is InChI=1S/C10H16N6O4/c11-15-9-12-5-7(16(18)19)8(13-9)14-10(6-17)1-3-20-4-2-10/h5,17H,1-4,6,11H2,(H2,12,13,14,15). The molecule has 20 heavy (non-hydrogen) atoms. The molecule has 2 rings (SSSR count). The van der Waals surface area contributed by atoms with Crippen molar-refractivity contribution in [2.24, 2.45) is 5.84 Å². The summed E-state index contributed by atoms with van der Waals surface area (Å²) in [5.41, 5.74) is 1.26. The fourth-order valence-electron chi connectivity index (χ4n) is 2.01. The molecule has 10 heteroatoms. The van der Waals surface area contributed by atoms with E-state index in [0.29, 0.717) is 26.1 Å². The highest BCUT2D eigenvalue weighted by Crippen LogP contribution is 2.30. The minimum atomic E-state index is -0.691. The van der Waals surface area contributed by atoms with Crippen molar-refractivity contribution >= 4 is 17.5 Å². The Kier molecular flexibility index (Phi) is 4.27. The molecule has 0 bridgehead atoms. The first-order valence-electron chi connectivity index (χ1n) is 6.05. The predicted molar refractivity (Wildman–Crippen MR) is 70.0 cm³/mol. The Balaban J connectivity index is 2.32. The molecule has 1 saturated heterocycles. The smallest absolute Gasteiger partial charge is 0.329 e. The van der Waals surface area contributed by atoms with Gasteiger partial charge in [-0.2, -0.15) is 4.98 Å². The third kappa shape index (κ3) is 2.92. The minimum absolute atomic E-state index is 0.0221. The van der Waals surface area contributed by atoms with Crippen LogP contribution < -0.4 is 16.6 Å². The zero-order valence-corrected chi connectivity index (χ0v) is 10.7. The summed E-state index contributed by atoms with van der Waals surface area (Å²) in [6.45, 7) is 0.756. The Morgan fingerprint density at radius 1 is 1.55 bits per heavy atom. The van der Waals surface area contributed by atoms with Gasteiger partial charge in [-0.3, -0.25) is 15.5 Å². The second-order valence-electron chi connectivity index (χ2n) is 4.50. The third-order valence-electron chi connectivity index (χ3n) is 3.23. The highest BCUT2D eigenvalue weighted by atomic mass is 16.6. The summed E-state index contributed by atoms with van der Waals surface area (Å²) in [5.74, 6) is 5.28. The van der Waals surface area contributed by atoms with Crippen molar-refractivity contribution in [3.05, 3.63) is 16.3 Å². The van der Waals surface area contributed by atoms with Crippen molar-refractivity contribution in [3.8, 4) is 0 Å². The molecule has 0 amide bonds. The Morgan fingerprint density at radius 2 is 2.25 bits per heavy atom. The van der Waals surface area contributed by atoms with Crippen LogP contribution in [0.5, 0.6) is 0 Å². The number of hydrazine groups is 1. The number of aliphatic hydroxyl groups is 1. The van der Waals surface area contributed by atoms with Crippen molar-refractivity contribution in [2.45, 2.75) is 18.4 Å². The van der Waals surface area contributed by atoms with Crippen LogP contribution in [0.15, 0.2) is 6.20 Å². The van der Waals surface area contributed by atoms with E-state index >= 15 is 0 Å². The van der Waals surface area contributed by atoms with Crippen LogP contribution in [-0.2, 0) is 4.74 Å². The molecule has 1 aromatic heterocycles. The van der Waals surface area contributed by atoms with Gasteiger partial charge in [0.2, 0.25) is 11.8 Å². The summed E-state index contributed by atoms with van der Waals surface area (Å²) in [6, 6.07) is 0. The van der Waals surface area contributed by atoms with E-state index < -0.39 is 10.5 Å². The predicted octanol–water partition coefficient (Wildman–Crippen LogP) is -0.376. The van der Waals surface area contributed by atoms with Crippen LogP contribution in [0.3, 0.4) is 0 Å². The quantitative estimate of drug-likeness (QED) is 0.322. The average Bonchev–Trinajstić information content (AvgIpc) is 2.47. The molecule has 10 nitrogen and oxygen atoms in total. The second-order valence-corrected chi connectivity index (χ2v) is 4.50. The summed E-state index contributed by atoms with van der Waals surface area (Å²) < 4.78 is 5.24. The molecule has 1 aromatic rings. The molecular formula is C10H16N6O4. The average molecular weight is 284 g/mol. The van der Waals surface area contributed by atoms with Gasteiger partial charge in [-0.15, -0.1) is 0 Å². The van der Waals surface area contributed by atoms with Crippen molar-refractivity contribution < 1.29 is 14.8 Å². The van der Waals surface area contributed by atoms with E-state index in [9.17, 15) is 15.2 Å². The zero-order valence-electron chi connectivity index (χ0n) is 10.7. The zero-order chi connectivity index (χ0) is 14.6. The molecule has 0 atom stereocenters. The molecular weight excluding hydrogens is 268 g/mol. The molecule has 1 aliphatic rings. The van der Waals surface area contributed by atoms with Crippen LogP contribution in [0.1, 0.15) is 12.8 Å². The number of anilines is 2. The van der Waals surface area contributed by atoms with Crippen molar-refractivity contribution in [1.82, 2.24) is 9.97 Å². The Hall–Kier alpha value is -2.04. The molecule has 5 N–H and O–H groups in total. The summed E-state index contributed by atoms with van der Waals surface area (Å²) in [4.78, 5) is 18.1. The van der Waals surface area contributed by atoms with Gasteiger partial charge in [0.05, 0.1) is 17.1 Å². The summed E-state index contributed by atoms with van der Waals surface area (Å²) in [7, 11) is 0. The van der Waals surface area contributed by atoms with Crippen LogP contribution in [-0.4, -0.2) is 45.4 Å². The molecule has 0 radical (unpaired) electrons. The number of hydrogen-bond donors (Lipinski definition) is 4. The van der Waals surface area contributed by atoms with E-state index in [2.05, 4.69) is 20.7 Å². The van der Waals surface area contributed by atoms with E-state index in [-0.39, 0.29) is 24.1 Å². The highest BCUT2D eigenvalue weighted by Gasteiger charge is 2.34. The van der Waals surface area contributed by atoms with E-state index in [1.807, 2.05) is 0 Å². The Labute approximate surface area is 114 Å². The lowest BCUT2D eigenvalue weighted by Gasteiger charge is -2.36. The molecule has 0 unspecified atom stereocenters. The molecule has 0 aliphatic carbocycles. The number of nitrogen functional groups attached to an aromatic ring is 1. The van der Waals surface area contributed by atoms with Gasteiger partial charge in [-0.25, -0.2) is 10.8 Å². The number of ether oxygens (including phenoxy) is 1. The number of rotatable bonds is 5. The normalized spacial score (nSPS) is 17.5. The summed E-state index contributed by atoms with van der Waals surface area (Å²) >= 11 is 0. The van der Waals surface area contributed by atoms with Crippen molar-refractivity contribution in [2.75, 3.05) is 30.6 Å². The van der Waals surface area contributed by atoms with Crippen LogP contribution in [0.25, 0.3) is 0 Å². The first-order chi connectivity index (χ1) is 9.60. The van der Waals surface area contributed by atoms with Crippen LogP contribution >= 0.6 is 0 Å². The maximum Gasteiger partial charge on any atom is 0.329 e. The van der Waals surface area contributed by atoms with Crippen LogP contribution in [0.4, 0.5) is 17.5 Å². The van der Waals surface area contributed by atoms with Crippen molar-refractivity contribution in [3.63, 3.8) is 0 Å². The number of nitrogens with two attached hydrogens (primary N) is 1. The fourth-order valence-corrected chi connectivity index (χ4v) is 2.01. The molecule has 110 valence electrons. The number of nitrogens with one attached hydrogen (secondary N) is 2. The van der Waals surface area contributed by atoms with Gasteiger partial charge in [0.15, 0.2) is 0 Å². The maximum absolute atomic E-state index is 11.0. The summed E-state index contributed by atoms with van der Waals surface area (Å²) in [5, 5.41) is 23.5. The van der Waals surface area contributed by atoms with Crippen LogP contribution in [0, 0.1) is 10.1 Å². The highest BCUT2D eigenvalue weighted by molar-refractivity contribution is 5.58. The third-order valence-corrected chi connectivity index (χ3v) is 3.23. The molecule has 2 heterocycles. The lowest BCUT2D eigenvalue weighted by atomic mass is 9.91. The Morgan fingerprint density at radius 3 is 2.80 bits per heavy atom. The topological polar surface area (TPSA) is 148 Å². The number of aromatic nitrogens is 2. The van der Waals surface area contributed by atoms with Crippen molar-refractivity contribution in [1.29, 1.82) is 0 Å². The summed E-state index contributed by atoms with van der Waals surface area (Å²) in [6.07, 6.45) is 2.11. The monoisotopic (exact) mass is 284 g/mol. The minimum Gasteiger partial charge on any atom is -0.394 e. The van der Waals surface area contributed by atoms with Gasteiger partial charge < -0.3 is 15.2 Å². The van der Waals surface area contributed by atoms with E-state index in [0.717, 1.165) is 6.20 Å². The number of hydrogen-bond acceptors (Lipinski definition) is 9. The number of aliphatic hydroxyl groups excluding tert-OH is 1. The van der Waals surface area contributed by atoms with E-state index in [4.69, 9.17) is 10.6 Å². The van der Waals surface area contributed by atoms with Gasteiger partial charge in [-0.05, 0) is 12.8 Å².